The van der Waals surface area contributed by atoms with Crippen molar-refractivity contribution in [1.29, 1.82) is 0 Å². The van der Waals surface area contributed by atoms with Crippen molar-refractivity contribution < 1.29 is 0 Å². The Labute approximate surface area is 66.8 Å². The van der Waals surface area contributed by atoms with E-state index in [9.17, 15) is 0 Å². The minimum Gasteiger partial charge on any atom is -0.303 e. The lowest BCUT2D eigenvalue weighted by Crippen LogP contribution is -2.31. The van der Waals surface area contributed by atoms with E-state index in [4.69, 9.17) is 0 Å². The Kier molecular flexibility index (Phi) is 5.24. The van der Waals surface area contributed by atoms with Gasteiger partial charge in [0.15, 0.2) is 0 Å². The second kappa shape index (κ2) is 5.06. The molecule has 0 aliphatic rings. The molecule has 0 aromatic carbocycles. The zero-order valence-electron chi connectivity index (χ0n) is 7.46. The van der Waals surface area contributed by atoms with Gasteiger partial charge in [0.25, 0.3) is 0 Å². The van der Waals surface area contributed by atoms with Crippen molar-refractivity contribution >= 4 is 9.39 Å². The number of nitrogens with zero attached hydrogens (tertiary/aromatic N) is 2. The van der Waals surface area contributed by atoms with Gasteiger partial charge in [-0.15, -0.1) is 0 Å². The van der Waals surface area contributed by atoms with Crippen LogP contribution >= 0.6 is 9.39 Å². The molecule has 0 saturated heterocycles. The molecule has 0 spiro atoms. The lowest BCUT2D eigenvalue weighted by atomic mass is 10.3. The zero-order chi connectivity index (χ0) is 8.15. The van der Waals surface area contributed by atoms with Crippen molar-refractivity contribution in [3.8, 4) is 0 Å². The van der Waals surface area contributed by atoms with Gasteiger partial charge in [0.2, 0.25) is 0 Å². The maximum absolute atomic E-state index is 2.66. The summed E-state index contributed by atoms with van der Waals surface area (Å²) in [6, 6.07) is 0.657. The van der Waals surface area contributed by atoms with Gasteiger partial charge in [-0.05, 0) is 27.9 Å². The van der Waals surface area contributed by atoms with Gasteiger partial charge in [-0.3, -0.25) is 4.67 Å². The molecule has 0 radical (unpaired) electrons. The fraction of sp³-hybridized carbons (Fsp3) is 1.00. The van der Waals surface area contributed by atoms with Crippen LogP contribution in [0.1, 0.15) is 13.8 Å². The topological polar surface area (TPSA) is 6.48 Å². The van der Waals surface area contributed by atoms with Gasteiger partial charge < -0.3 is 4.90 Å². The molecule has 1 unspecified atom stereocenters. The summed E-state index contributed by atoms with van der Waals surface area (Å²) in [5, 5.41) is 0. The van der Waals surface area contributed by atoms with Crippen molar-refractivity contribution in [2.24, 2.45) is 0 Å². The summed E-state index contributed by atoms with van der Waals surface area (Å²) in [5.74, 6) is 0. The third-order valence-corrected chi connectivity index (χ3v) is 1.95. The van der Waals surface area contributed by atoms with E-state index in [-0.39, 0.29) is 0 Å². The smallest absolute Gasteiger partial charge is 0.0141 e. The molecule has 1 atom stereocenters. The van der Waals surface area contributed by atoms with Crippen LogP contribution in [0.15, 0.2) is 0 Å². The van der Waals surface area contributed by atoms with Crippen LogP contribution in [0.25, 0.3) is 0 Å². The molecular weight excluding hydrogens is 143 g/mol. The Hall–Kier alpha value is 0.350. The van der Waals surface area contributed by atoms with E-state index >= 15 is 0 Å². The van der Waals surface area contributed by atoms with E-state index in [1.54, 1.807) is 0 Å². The maximum Gasteiger partial charge on any atom is 0.0141 e. The molecule has 0 saturated carbocycles. The Balaban J connectivity index is 3.30. The van der Waals surface area contributed by atoms with Gasteiger partial charge in [-0.1, -0.05) is 9.39 Å². The van der Waals surface area contributed by atoms with Gasteiger partial charge in [-0.25, -0.2) is 0 Å². The SMILES string of the molecule is CC(C)N(C)CCN(C)P. The van der Waals surface area contributed by atoms with Gasteiger partial charge in [0, 0.05) is 19.1 Å². The molecule has 0 rings (SSSR count). The summed E-state index contributed by atoms with van der Waals surface area (Å²) in [7, 11) is 6.88. The Morgan fingerprint density at radius 1 is 1.20 bits per heavy atom. The molecule has 0 aromatic heterocycles. The molecular formula is C7H19N2P. The fourth-order valence-corrected chi connectivity index (χ4v) is 0.689. The van der Waals surface area contributed by atoms with Crippen LogP contribution in [0, 0.1) is 0 Å². The Morgan fingerprint density at radius 3 is 2.00 bits per heavy atom. The summed E-state index contributed by atoms with van der Waals surface area (Å²) < 4.78 is 2.12. The molecule has 10 heavy (non-hydrogen) atoms. The van der Waals surface area contributed by atoms with Crippen LogP contribution in [0.2, 0.25) is 0 Å². The van der Waals surface area contributed by atoms with Crippen LogP contribution in [-0.4, -0.2) is 42.8 Å². The highest BCUT2D eigenvalue weighted by molar-refractivity contribution is 7.13. The normalized spacial score (nSPS) is 12.0. The summed E-state index contributed by atoms with van der Waals surface area (Å²) in [6.07, 6.45) is 0. The summed E-state index contributed by atoms with van der Waals surface area (Å²) in [5.41, 5.74) is 0. The van der Waals surface area contributed by atoms with Gasteiger partial charge in [0.1, 0.15) is 0 Å². The van der Waals surface area contributed by atoms with Crippen LogP contribution in [0.4, 0.5) is 0 Å². The second-order valence-corrected chi connectivity index (χ2v) is 3.94. The molecule has 0 N–H and O–H groups in total. The van der Waals surface area contributed by atoms with E-state index in [2.05, 4.69) is 46.9 Å². The van der Waals surface area contributed by atoms with Gasteiger partial charge >= 0.3 is 0 Å². The van der Waals surface area contributed by atoms with Crippen molar-refractivity contribution in [3.63, 3.8) is 0 Å². The quantitative estimate of drug-likeness (QED) is 0.570. The van der Waals surface area contributed by atoms with Crippen LogP contribution in [-0.2, 0) is 0 Å². The van der Waals surface area contributed by atoms with E-state index in [1.165, 1.54) is 0 Å². The molecule has 0 amide bonds. The van der Waals surface area contributed by atoms with Crippen molar-refractivity contribution in [1.82, 2.24) is 9.57 Å². The minimum atomic E-state index is 0.657. The van der Waals surface area contributed by atoms with E-state index in [1.807, 2.05) is 0 Å². The monoisotopic (exact) mass is 162 g/mol. The number of likely N-dealkylation sites (N-methyl/N-ethyl adjacent to an activating group) is 2. The summed E-state index contributed by atoms with van der Waals surface area (Å²) >= 11 is 0. The molecule has 0 fully saturated rings. The van der Waals surface area contributed by atoms with E-state index < -0.39 is 0 Å². The second-order valence-electron chi connectivity index (χ2n) is 3.05. The third-order valence-electron chi connectivity index (χ3n) is 1.69. The van der Waals surface area contributed by atoms with E-state index in [0.29, 0.717) is 6.04 Å². The maximum atomic E-state index is 2.66. The first kappa shape index (κ1) is 10.3. The Bertz CT molecular complexity index is 83.7. The summed E-state index contributed by atoms with van der Waals surface area (Å²) in [6.45, 7) is 6.67. The molecule has 0 aliphatic carbocycles. The van der Waals surface area contributed by atoms with E-state index in [0.717, 1.165) is 13.1 Å². The van der Waals surface area contributed by atoms with Gasteiger partial charge in [-0.2, -0.15) is 0 Å². The first-order valence-electron chi connectivity index (χ1n) is 3.70. The predicted molar refractivity (Wildman–Crippen MR) is 50.1 cm³/mol. The largest absolute Gasteiger partial charge is 0.303 e. The highest BCUT2D eigenvalue weighted by Crippen LogP contribution is 1.96. The van der Waals surface area contributed by atoms with Gasteiger partial charge in [0.05, 0.1) is 0 Å². The van der Waals surface area contributed by atoms with Crippen LogP contribution < -0.4 is 0 Å². The minimum absolute atomic E-state index is 0.657. The standard InChI is InChI=1S/C7H19N2P/c1-7(2)8(3)5-6-9(4)10/h7H,5-6,10H2,1-4H3. The average molecular weight is 162 g/mol. The molecule has 3 heteroatoms. The van der Waals surface area contributed by atoms with Crippen molar-refractivity contribution in [3.05, 3.63) is 0 Å². The predicted octanol–water partition coefficient (Wildman–Crippen LogP) is 1.05. The molecule has 0 heterocycles. The first-order chi connectivity index (χ1) is 4.54. The fourth-order valence-electron chi connectivity index (χ4n) is 0.574. The molecule has 0 bridgehead atoms. The Morgan fingerprint density at radius 2 is 1.70 bits per heavy atom. The number of hydrogen-bond acceptors (Lipinski definition) is 2. The van der Waals surface area contributed by atoms with Crippen molar-refractivity contribution in [2.45, 2.75) is 19.9 Å². The molecule has 0 aromatic rings. The first-order valence-corrected chi connectivity index (χ1v) is 4.21. The highest BCUT2D eigenvalue weighted by Gasteiger charge is 2.01. The highest BCUT2D eigenvalue weighted by atomic mass is 31.0. The lowest BCUT2D eigenvalue weighted by Gasteiger charge is -2.22. The third kappa shape index (κ3) is 5.16. The average Bonchev–Trinajstić information content (AvgIpc) is 1.82. The molecule has 0 aliphatic heterocycles. The van der Waals surface area contributed by atoms with Crippen molar-refractivity contribution in [2.75, 3.05) is 27.2 Å². The summed E-state index contributed by atoms with van der Waals surface area (Å²) in [4.78, 5) is 2.33. The zero-order valence-corrected chi connectivity index (χ0v) is 8.62. The number of hydrogen-bond donors (Lipinski definition) is 0. The van der Waals surface area contributed by atoms with Crippen LogP contribution in [0.5, 0.6) is 0 Å². The number of rotatable bonds is 4. The van der Waals surface area contributed by atoms with Crippen LogP contribution in [0.3, 0.4) is 0 Å². The molecule has 62 valence electrons. The molecule has 2 nitrogen and oxygen atoms in total. The lowest BCUT2D eigenvalue weighted by molar-refractivity contribution is 0.261.